The van der Waals surface area contributed by atoms with Gasteiger partial charge in [-0.25, -0.2) is 8.42 Å². The molecule has 3 rings (SSSR count). The zero-order valence-corrected chi connectivity index (χ0v) is 19.4. The molecule has 0 bridgehead atoms. The Kier molecular flexibility index (Phi) is 6.92. The minimum Gasteiger partial charge on any atom is -0.493 e. The summed E-state index contributed by atoms with van der Waals surface area (Å²) in [4.78, 5) is 38.3. The molecule has 0 aromatic heterocycles. The van der Waals surface area contributed by atoms with Gasteiger partial charge in [0.1, 0.15) is 17.3 Å². The maximum absolute atomic E-state index is 12.6. The van der Waals surface area contributed by atoms with E-state index < -0.39 is 39.1 Å². The SMILES string of the molecule is COc1ccc(NC(=O)CS(=O)(=O)CC(=O)c2ccc3c(c2)N(C)C(=O)C(C)O3)cc1OC. The van der Waals surface area contributed by atoms with Crippen molar-refractivity contribution in [2.75, 3.05) is 43.0 Å². The molecule has 0 saturated heterocycles. The number of rotatable bonds is 8. The Labute approximate surface area is 191 Å². The second-order valence-corrected chi connectivity index (χ2v) is 9.48. The molecule has 1 unspecified atom stereocenters. The van der Waals surface area contributed by atoms with Gasteiger partial charge in [-0.3, -0.25) is 14.4 Å². The highest BCUT2D eigenvalue weighted by molar-refractivity contribution is 7.92. The van der Waals surface area contributed by atoms with E-state index in [0.29, 0.717) is 28.6 Å². The number of likely N-dealkylation sites (N-methyl/N-ethyl adjacent to an activating group) is 1. The number of hydrogen-bond acceptors (Lipinski definition) is 8. The molecule has 2 amide bonds. The number of fused-ring (bicyclic) bond motifs is 1. The fourth-order valence-electron chi connectivity index (χ4n) is 3.33. The van der Waals surface area contributed by atoms with Crippen LogP contribution in [0.4, 0.5) is 11.4 Å². The highest BCUT2D eigenvalue weighted by atomic mass is 32.2. The van der Waals surface area contributed by atoms with Crippen LogP contribution in [0.1, 0.15) is 17.3 Å². The summed E-state index contributed by atoms with van der Waals surface area (Å²) in [5, 5.41) is 2.47. The molecular formula is C22H24N2O8S. The van der Waals surface area contributed by atoms with Crippen LogP contribution in [-0.4, -0.2) is 64.9 Å². The van der Waals surface area contributed by atoms with Crippen LogP contribution in [0.15, 0.2) is 36.4 Å². The Morgan fingerprint density at radius 2 is 1.76 bits per heavy atom. The van der Waals surface area contributed by atoms with Crippen molar-refractivity contribution in [3.05, 3.63) is 42.0 Å². The Hall–Kier alpha value is -3.60. The quantitative estimate of drug-likeness (QED) is 0.570. The summed E-state index contributed by atoms with van der Waals surface area (Å²) in [6, 6.07) is 8.93. The van der Waals surface area contributed by atoms with E-state index in [4.69, 9.17) is 14.2 Å². The summed E-state index contributed by atoms with van der Waals surface area (Å²) >= 11 is 0. The number of nitrogens with zero attached hydrogens (tertiary/aromatic N) is 1. The average molecular weight is 477 g/mol. The molecule has 11 heteroatoms. The predicted molar refractivity (Wildman–Crippen MR) is 121 cm³/mol. The number of anilines is 2. The maximum atomic E-state index is 12.6. The molecule has 0 saturated carbocycles. The van der Waals surface area contributed by atoms with E-state index in [1.165, 1.54) is 49.5 Å². The van der Waals surface area contributed by atoms with Gasteiger partial charge in [0, 0.05) is 24.4 Å². The van der Waals surface area contributed by atoms with Gasteiger partial charge in [-0.15, -0.1) is 0 Å². The Morgan fingerprint density at radius 1 is 1.06 bits per heavy atom. The number of sulfone groups is 1. The van der Waals surface area contributed by atoms with Crippen LogP contribution in [-0.2, 0) is 19.4 Å². The van der Waals surface area contributed by atoms with Crippen LogP contribution in [0.3, 0.4) is 0 Å². The number of methoxy groups -OCH3 is 2. The van der Waals surface area contributed by atoms with Crippen LogP contribution < -0.4 is 24.4 Å². The van der Waals surface area contributed by atoms with E-state index in [-0.39, 0.29) is 11.5 Å². The zero-order valence-electron chi connectivity index (χ0n) is 18.6. The van der Waals surface area contributed by atoms with Crippen LogP contribution in [0.25, 0.3) is 0 Å². The summed E-state index contributed by atoms with van der Waals surface area (Å²) < 4.78 is 40.7. The molecule has 176 valence electrons. The first-order valence-electron chi connectivity index (χ1n) is 9.88. The lowest BCUT2D eigenvalue weighted by Crippen LogP contribution is -2.42. The van der Waals surface area contributed by atoms with Crippen molar-refractivity contribution in [2.24, 2.45) is 0 Å². The first-order chi connectivity index (χ1) is 15.5. The van der Waals surface area contributed by atoms with Gasteiger partial charge in [-0.2, -0.15) is 0 Å². The van der Waals surface area contributed by atoms with Gasteiger partial charge in [-0.05, 0) is 37.3 Å². The number of ether oxygens (including phenoxy) is 3. The van der Waals surface area contributed by atoms with E-state index in [9.17, 15) is 22.8 Å². The van der Waals surface area contributed by atoms with E-state index in [0.717, 1.165) is 0 Å². The van der Waals surface area contributed by atoms with Gasteiger partial charge in [0.15, 0.2) is 33.2 Å². The van der Waals surface area contributed by atoms with Crippen LogP contribution in [0.5, 0.6) is 17.2 Å². The largest absolute Gasteiger partial charge is 0.493 e. The number of carbonyl (C=O) groups excluding carboxylic acids is 3. The van der Waals surface area contributed by atoms with Crippen molar-refractivity contribution in [3.8, 4) is 17.2 Å². The third-order valence-corrected chi connectivity index (χ3v) is 6.40. The fourth-order valence-corrected chi connectivity index (χ4v) is 4.47. The van der Waals surface area contributed by atoms with Gasteiger partial charge in [-0.1, -0.05) is 0 Å². The molecule has 0 radical (unpaired) electrons. The van der Waals surface area contributed by atoms with Crippen LogP contribution >= 0.6 is 0 Å². The van der Waals surface area contributed by atoms with E-state index in [1.807, 2.05) is 0 Å². The standard InChI is InChI=1S/C22H24N2O8S/c1-13-22(27)24(2)16-9-14(5-7-18(16)32-13)17(25)11-33(28,29)12-21(26)23-15-6-8-19(30-3)20(10-15)31-4/h5-10,13H,11-12H2,1-4H3,(H,23,26). The molecule has 1 atom stereocenters. The second kappa shape index (κ2) is 9.49. The van der Waals surface area contributed by atoms with Crippen molar-refractivity contribution < 1.29 is 37.0 Å². The fraction of sp³-hybridized carbons (Fsp3) is 0.318. The van der Waals surface area contributed by atoms with Crippen molar-refractivity contribution in [1.82, 2.24) is 0 Å². The molecule has 33 heavy (non-hydrogen) atoms. The smallest absolute Gasteiger partial charge is 0.267 e. The topological polar surface area (TPSA) is 128 Å². The Morgan fingerprint density at radius 3 is 2.42 bits per heavy atom. The highest BCUT2D eigenvalue weighted by Crippen LogP contribution is 2.34. The Balaban J connectivity index is 1.68. The normalized spacial score (nSPS) is 15.3. The van der Waals surface area contributed by atoms with E-state index >= 15 is 0 Å². The molecular weight excluding hydrogens is 452 g/mol. The van der Waals surface area contributed by atoms with E-state index in [2.05, 4.69) is 5.32 Å². The molecule has 2 aromatic carbocycles. The number of carbonyl (C=O) groups is 3. The number of benzene rings is 2. The van der Waals surface area contributed by atoms with Crippen molar-refractivity contribution in [3.63, 3.8) is 0 Å². The highest BCUT2D eigenvalue weighted by Gasteiger charge is 2.30. The molecule has 0 fully saturated rings. The van der Waals surface area contributed by atoms with Crippen LogP contribution in [0, 0.1) is 0 Å². The second-order valence-electron chi connectivity index (χ2n) is 7.41. The zero-order chi connectivity index (χ0) is 24.3. The van der Waals surface area contributed by atoms with Crippen LogP contribution in [0.2, 0.25) is 0 Å². The lowest BCUT2D eigenvalue weighted by atomic mass is 10.1. The molecule has 1 aliphatic rings. The van der Waals surface area contributed by atoms with E-state index in [1.54, 1.807) is 20.0 Å². The van der Waals surface area contributed by atoms with Gasteiger partial charge < -0.3 is 24.4 Å². The first-order valence-corrected chi connectivity index (χ1v) is 11.7. The lowest BCUT2D eigenvalue weighted by molar-refractivity contribution is -0.125. The molecule has 10 nitrogen and oxygen atoms in total. The van der Waals surface area contributed by atoms with Gasteiger partial charge >= 0.3 is 0 Å². The minimum absolute atomic E-state index is 0.0930. The predicted octanol–water partition coefficient (Wildman–Crippen LogP) is 1.68. The van der Waals surface area contributed by atoms with Gasteiger partial charge in [0.2, 0.25) is 5.91 Å². The molecule has 0 aliphatic carbocycles. The van der Waals surface area contributed by atoms with Crippen molar-refractivity contribution >= 4 is 38.8 Å². The summed E-state index contributed by atoms with van der Waals surface area (Å²) in [5.41, 5.74) is 0.777. The Bertz CT molecular complexity index is 1210. The molecule has 2 aromatic rings. The number of amides is 2. The number of ketones is 1. The third-order valence-electron chi connectivity index (χ3n) is 4.99. The molecule has 1 N–H and O–H groups in total. The number of hydrogen-bond donors (Lipinski definition) is 1. The lowest BCUT2D eigenvalue weighted by Gasteiger charge is -2.30. The number of Topliss-reactive ketones (excluding diaryl/α,β-unsaturated/α-hetero) is 1. The summed E-state index contributed by atoms with van der Waals surface area (Å²) in [7, 11) is 0.380. The minimum atomic E-state index is -4.06. The monoisotopic (exact) mass is 476 g/mol. The molecule has 1 aliphatic heterocycles. The molecule has 1 heterocycles. The van der Waals surface area contributed by atoms with Crippen molar-refractivity contribution in [1.29, 1.82) is 0 Å². The maximum Gasteiger partial charge on any atom is 0.267 e. The van der Waals surface area contributed by atoms with Gasteiger partial charge in [0.05, 0.1) is 19.9 Å². The van der Waals surface area contributed by atoms with Gasteiger partial charge in [0.25, 0.3) is 5.91 Å². The van der Waals surface area contributed by atoms with Crippen molar-refractivity contribution in [2.45, 2.75) is 13.0 Å². The summed E-state index contributed by atoms with van der Waals surface area (Å²) in [6.45, 7) is 1.61. The average Bonchev–Trinajstić information content (AvgIpc) is 2.76. The molecule has 0 spiro atoms. The summed E-state index contributed by atoms with van der Waals surface area (Å²) in [6.07, 6.45) is -0.659. The number of nitrogens with one attached hydrogen (secondary N) is 1. The first kappa shape index (κ1) is 24.1. The third kappa shape index (κ3) is 5.43. The summed E-state index contributed by atoms with van der Waals surface area (Å²) in [5.74, 6) is -2.29.